The number of hydrogen-bond donors (Lipinski definition) is 0. The molecule has 1 fully saturated rings. The van der Waals surface area contributed by atoms with Gasteiger partial charge in [-0.05, 0) is 135 Å². The van der Waals surface area contributed by atoms with Crippen molar-refractivity contribution in [3.63, 3.8) is 0 Å². The van der Waals surface area contributed by atoms with Gasteiger partial charge in [0.1, 0.15) is 17.2 Å². The van der Waals surface area contributed by atoms with Crippen molar-refractivity contribution in [3.8, 4) is 50.6 Å². The van der Waals surface area contributed by atoms with Crippen LogP contribution >= 0.6 is 0 Å². The van der Waals surface area contributed by atoms with Gasteiger partial charge in [-0.3, -0.25) is 4.79 Å². The highest BCUT2D eigenvalue weighted by atomic mass is 19.4. The van der Waals surface area contributed by atoms with E-state index in [2.05, 4.69) is 69.3 Å². The Hall–Kier alpha value is -7.38. The molecule has 1 saturated carbocycles. The molecule has 0 aromatic heterocycles. The topological polar surface area (TPSA) is 44.8 Å². The van der Waals surface area contributed by atoms with Crippen LogP contribution in [0.1, 0.15) is 133 Å². The summed E-state index contributed by atoms with van der Waals surface area (Å²) in [7, 11) is 3.29. The zero-order chi connectivity index (χ0) is 51.4. The number of unbranched alkanes of at least 4 members (excludes halogenated alkanes) is 2. The van der Waals surface area contributed by atoms with Crippen LogP contribution in [0.25, 0.3) is 50.2 Å². The Morgan fingerprint density at radius 3 is 1.85 bits per heavy atom. The quantitative estimate of drug-likeness (QED) is 0.0853. The first-order chi connectivity index (χ1) is 35.8. The van der Waals surface area contributed by atoms with Crippen LogP contribution in [0.15, 0.2) is 164 Å². The molecular formula is C67H61F3O4. The molecular weight excluding hydrogens is 926 g/mol. The van der Waals surface area contributed by atoms with E-state index in [0.29, 0.717) is 17.0 Å². The summed E-state index contributed by atoms with van der Waals surface area (Å²) in [6.07, 6.45) is 9.88. The highest BCUT2D eigenvalue weighted by Crippen LogP contribution is 2.59. The molecule has 0 radical (unpaired) electrons. The van der Waals surface area contributed by atoms with Gasteiger partial charge >= 0.3 is 6.18 Å². The van der Waals surface area contributed by atoms with Gasteiger partial charge in [0.05, 0.1) is 19.8 Å². The SMILES string of the molecule is CCCCCC1CCC(c2ccc(-c3ccc(C(=O)c4ccc(-c5ccc6c(c5)-c5c(c7c(c8ccccc58)OC(c5ccc(OC)cc5)(c5ccc(OC)cc5)C=C7)C6(C)C)c(C(F)(F)F)c4)cc3)cc2)CC1. The normalized spacial score (nSPS) is 17.2. The van der Waals surface area contributed by atoms with E-state index in [9.17, 15) is 4.79 Å². The smallest absolute Gasteiger partial charge is 0.417 e. The van der Waals surface area contributed by atoms with Crippen molar-refractivity contribution in [1.82, 2.24) is 0 Å². The third kappa shape index (κ3) is 8.68. The summed E-state index contributed by atoms with van der Waals surface area (Å²) in [6, 6.07) is 49.5. The minimum absolute atomic E-state index is 0.0104. The van der Waals surface area contributed by atoms with Gasteiger partial charge in [0.2, 0.25) is 0 Å². The predicted octanol–water partition coefficient (Wildman–Crippen LogP) is 18.0. The summed E-state index contributed by atoms with van der Waals surface area (Å²) >= 11 is 0. The van der Waals surface area contributed by atoms with Crippen LogP contribution in [0.4, 0.5) is 13.2 Å². The fourth-order valence-electron chi connectivity index (χ4n) is 12.3. The number of ether oxygens (including phenoxy) is 3. The Bertz CT molecular complexity index is 3370. The van der Waals surface area contributed by atoms with Crippen molar-refractivity contribution >= 4 is 22.6 Å². The van der Waals surface area contributed by atoms with Gasteiger partial charge < -0.3 is 14.2 Å². The molecule has 3 aliphatic rings. The zero-order valence-electron chi connectivity index (χ0n) is 42.7. The number of halogens is 3. The molecule has 0 bridgehead atoms. The summed E-state index contributed by atoms with van der Waals surface area (Å²) < 4.78 is 64.4. The summed E-state index contributed by atoms with van der Waals surface area (Å²) in [5, 5.41) is 1.82. The summed E-state index contributed by atoms with van der Waals surface area (Å²) in [5.41, 5.74) is 8.27. The number of carbonyl (C=O) groups excluding carboxylic acids is 1. The molecule has 4 nitrogen and oxygen atoms in total. The van der Waals surface area contributed by atoms with Crippen molar-refractivity contribution < 1.29 is 32.2 Å². The van der Waals surface area contributed by atoms with E-state index in [1.807, 2.05) is 84.9 Å². The highest BCUT2D eigenvalue weighted by Gasteiger charge is 2.45. The molecule has 0 saturated heterocycles. The monoisotopic (exact) mass is 986 g/mol. The first-order valence-electron chi connectivity index (χ1n) is 26.2. The molecule has 7 heteroatoms. The molecule has 0 spiro atoms. The molecule has 8 aromatic rings. The Morgan fingerprint density at radius 2 is 1.24 bits per heavy atom. The standard InChI is InChI=1S/C67H61F3O4/c1-6-7-8-11-42-14-16-43(17-15-42)44-18-20-45(21-19-44)46-22-24-47(25-23-46)63(71)49-26-36-54(60(41-49)67(68,69)70)48-27-37-59-58(40-48)61-55-12-9-10-13-56(55)64-57(62(61)65(59,2)3)38-39-66(74-64,50-28-32-52(72-4)33-29-50)51-30-34-53(73-5)35-31-51/h9-10,12-13,18-43H,6-8,11,14-17H2,1-5H3. The maximum atomic E-state index is 15.3. The van der Waals surface area contributed by atoms with Gasteiger partial charge in [0.25, 0.3) is 0 Å². The van der Waals surface area contributed by atoms with Crippen molar-refractivity contribution in [2.75, 3.05) is 14.2 Å². The van der Waals surface area contributed by atoms with E-state index >= 15 is 13.2 Å². The number of fused-ring (bicyclic) bond motifs is 8. The van der Waals surface area contributed by atoms with Crippen LogP contribution in [-0.4, -0.2) is 20.0 Å². The Morgan fingerprint density at radius 1 is 0.649 bits per heavy atom. The lowest BCUT2D eigenvalue weighted by atomic mass is 9.76. The second-order valence-corrected chi connectivity index (χ2v) is 21.1. The van der Waals surface area contributed by atoms with Gasteiger partial charge in [-0.1, -0.05) is 174 Å². The van der Waals surface area contributed by atoms with Gasteiger partial charge in [0, 0.05) is 38.6 Å². The second-order valence-electron chi connectivity index (χ2n) is 21.1. The summed E-state index contributed by atoms with van der Waals surface area (Å²) in [5.74, 6) is 3.16. The van der Waals surface area contributed by atoms with E-state index in [0.717, 1.165) is 90.1 Å². The molecule has 0 N–H and O–H groups in total. The van der Waals surface area contributed by atoms with Crippen molar-refractivity contribution in [2.45, 2.75) is 95.2 Å². The second kappa shape index (κ2) is 19.5. The van der Waals surface area contributed by atoms with Crippen LogP contribution in [0, 0.1) is 5.92 Å². The maximum absolute atomic E-state index is 15.3. The maximum Gasteiger partial charge on any atom is 0.417 e. The van der Waals surface area contributed by atoms with Crippen molar-refractivity contribution in [1.29, 1.82) is 0 Å². The lowest BCUT2D eigenvalue weighted by Gasteiger charge is -2.38. The summed E-state index contributed by atoms with van der Waals surface area (Å²) in [6.45, 7) is 6.60. The third-order valence-electron chi connectivity index (χ3n) is 16.4. The van der Waals surface area contributed by atoms with E-state index < -0.39 is 28.5 Å². The molecule has 11 rings (SSSR count). The molecule has 0 amide bonds. The first kappa shape index (κ1) is 48.9. The number of methoxy groups -OCH3 is 2. The molecule has 0 unspecified atom stereocenters. The molecule has 74 heavy (non-hydrogen) atoms. The van der Waals surface area contributed by atoms with Crippen LogP contribution in [-0.2, 0) is 17.2 Å². The number of rotatable bonds is 13. The minimum Gasteiger partial charge on any atom is -0.497 e. The largest absolute Gasteiger partial charge is 0.497 e. The third-order valence-corrected chi connectivity index (χ3v) is 16.4. The Balaban J connectivity index is 0.904. The number of alkyl halides is 3. The minimum atomic E-state index is -4.74. The average molecular weight is 987 g/mol. The zero-order valence-corrected chi connectivity index (χ0v) is 42.7. The van der Waals surface area contributed by atoms with E-state index in [-0.39, 0.29) is 11.1 Å². The van der Waals surface area contributed by atoms with Crippen LogP contribution in [0.3, 0.4) is 0 Å². The van der Waals surface area contributed by atoms with E-state index in [1.165, 1.54) is 69.1 Å². The van der Waals surface area contributed by atoms with Crippen LogP contribution in [0.5, 0.6) is 17.2 Å². The van der Waals surface area contributed by atoms with Gasteiger partial charge in [0.15, 0.2) is 11.4 Å². The Labute approximate surface area is 432 Å². The average Bonchev–Trinajstić information content (AvgIpc) is 3.70. The molecule has 0 atom stereocenters. The molecule has 1 heterocycles. The van der Waals surface area contributed by atoms with Crippen LogP contribution in [0.2, 0.25) is 0 Å². The lowest BCUT2D eigenvalue weighted by Crippen LogP contribution is -2.35. The lowest BCUT2D eigenvalue weighted by molar-refractivity contribution is -0.137. The first-order valence-corrected chi connectivity index (χ1v) is 26.2. The molecule has 8 aromatic carbocycles. The van der Waals surface area contributed by atoms with Crippen molar-refractivity contribution in [2.24, 2.45) is 5.92 Å². The van der Waals surface area contributed by atoms with Gasteiger partial charge in [-0.2, -0.15) is 13.2 Å². The number of carbonyl (C=O) groups is 1. The summed E-state index contributed by atoms with van der Waals surface area (Å²) in [4.78, 5) is 14.0. The van der Waals surface area contributed by atoms with Crippen molar-refractivity contribution in [3.05, 3.63) is 214 Å². The van der Waals surface area contributed by atoms with Gasteiger partial charge in [-0.25, -0.2) is 0 Å². The predicted molar refractivity (Wildman–Crippen MR) is 293 cm³/mol. The molecule has 374 valence electrons. The highest BCUT2D eigenvalue weighted by molar-refractivity contribution is 6.10. The Kier molecular flexibility index (Phi) is 12.9. The number of hydrogen-bond acceptors (Lipinski definition) is 4. The van der Waals surface area contributed by atoms with E-state index in [1.54, 1.807) is 32.4 Å². The molecule has 1 aliphatic heterocycles. The van der Waals surface area contributed by atoms with Crippen LogP contribution < -0.4 is 14.2 Å². The molecule has 2 aliphatic carbocycles. The van der Waals surface area contributed by atoms with E-state index in [4.69, 9.17) is 14.2 Å². The fraction of sp³-hybridized carbons (Fsp3) is 0.269. The number of ketones is 1. The fourth-order valence-corrected chi connectivity index (χ4v) is 12.3. The van der Waals surface area contributed by atoms with Gasteiger partial charge in [-0.15, -0.1) is 0 Å². The number of benzene rings is 8.